The molecular formula is C18H11N2O7S2-. The van der Waals surface area contributed by atoms with Crippen LogP contribution in [0.1, 0.15) is 15.9 Å². The maximum absolute atomic E-state index is 12.8. The first-order valence-electron chi connectivity index (χ1n) is 7.87. The lowest BCUT2D eigenvalue weighted by Gasteiger charge is -2.15. The van der Waals surface area contributed by atoms with Gasteiger partial charge in [0.25, 0.3) is 11.6 Å². The van der Waals surface area contributed by atoms with Crippen molar-refractivity contribution in [2.75, 3.05) is 12.0 Å². The molecule has 2 aromatic rings. The van der Waals surface area contributed by atoms with Gasteiger partial charge in [-0.25, -0.2) is 4.79 Å². The number of nitro groups is 1. The van der Waals surface area contributed by atoms with Crippen LogP contribution in [0.4, 0.5) is 11.4 Å². The number of carbonyl (C=O) groups is 2. The number of hydrogen-bond donors (Lipinski definition) is 1. The van der Waals surface area contributed by atoms with Crippen LogP contribution in [-0.4, -0.2) is 33.3 Å². The summed E-state index contributed by atoms with van der Waals surface area (Å²) in [5.74, 6) is -2.76. The van der Waals surface area contributed by atoms with Gasteiger partial charge in [0.1, 0.15) is 5.75 Å². The Morgan fingerprint density at radius 3 is 2.69 bits per heavy atom. The molecule has 11 heteroatoms. The molecule has 29 heavy (non-hydrogen) atoms. The molecule has 0 radical (unpaired) electrons. The van der Waals surface area contributed by atoms with E-state index in [1.807, 2.05) is 0 Å². The van der Waals surface area contributed by atoms with Crippen molar-refractivity contribution >= 4 is 57.6 Å². The lowest BCUT2D eigenvalue weighted by Crippen LogP contribution is -2.27. The molecule has 0 unspecified atom stereocenters. The monoisotopic (exact) mass is 431 g/mol. The molecule has 0 bridgehead atoms. The van der Waals surface area contributed by atoms with E-state index in [1.165, 1.54) is 42.4 Å². The van der Waals surface area contributed by atoms with Crippen LogP contribution in [0.3, 0.4) is 0 Å². The van der Waals surface area contributed by atoms with Crippen molar-refractivity contribution in [2.45, 2.75) is 0 Å². The lowest BCUT2D eigenvalue weighted by molar-refractivity contribution is -0.398. The molecule has 1 N–H and O–H groups in total. The molecule has 1 aliphatic rings. The van der Waals surface area contributed by atoms with E-state index in [2.05, 4.69) is 0 Å². The average molecular weight is 431 g/mol. The quantitative estimate of drug-likeness (QED) is 0.328. The third-order valence-electron chi connectivity index (χ3n) is 3.92. The molecule has 1 saturated heterocycles. The van der Waals surface area contributed by atoms with Crippen molar-refractivity contribution in [3.05, 3.63) is 62.5 Å². The normalized spacial score (nSPS) is 15.1. The third-order valence-corrected chi connectivity index (χ3v) is 5.22. The van der Waals surface area contributed by atoms with Crippen LogP contribution < -0.4 is 14.7 Å². The second-order valence-electron chi connectivity index (χ2n) is 5.70. The Hall–Kier alpha value is -3.44. The second kappa shape index (κ2) is 7.89. The Labute approximate surface area is 173 Å². The molecule has 1 heterocycles. The number of nitro benzene ring substituents is 1. The number of benzene rings is 2. The fraction of sp³-hybridized carbons (Fsp3) is 0.0556. The van der Waals surface area contributed by atoms with Crippen molar-refractivity contribution in [3.8, 4) is 11.5 Å². The third kappa shape index (κ3) is 3.91. The zero-order valence-corrected chi connectivity index (χ0v) is 16.3. The number of carboxylic acids is 1. The molecule has 0 saturated carbocycles. The van der Waals surface area contributed by atoms with Gasteiger partial charge in [0.05, 0.1) is 28.2 Å². The summed E-state index contributed by atoms with van der Waals surface area (Å²) in [6.07, 6.45) is 1.36. The van der Waals surface area contributed by atoms with Crippen molar-refractivity contribution in [1.29, 1.82) is 0 Å². The lowest BCUT2D eigenvalue weighted by atomic mass is 10.1. The minimum atomic E-state index is -1.15. The van der Waals surface area contributed by atoms with Gasteiger partial charge in [0, 0.05) is 11.8 Å². The first-order valence-corrected chi connectivity index (χ1v) is 9.10. The van der Waals surface area contributed by atoms with Gasteiger partial charge in [-0.1, -0.05) is 30.0 Å². The molecule has 2 aromatic carbocycles. The largest absolute Gasteiger partial charge is 0.865 e. The summed E-state index contributed by atoms with van der Waals surface area (Å²) in [7, 11) is 1.21. The van der Waals surface area contributed by atoms with Crippen LogP contribution in [0, 0.1) is 10.1 Å². The number of carbonyl (C=O) groups excluding carboxylic acids is 1. The summed E-state index contributed by atoms with van der Waals surface area (Å²) in [5, 5.41) is 32.2. The molecule has 9 nitrogen and oxygen atoms in total. The number of amides is 1. The van der Waals surface area contributed by atoms with E-state index in [0.717, 1.165) is 17.8 Å². The van der Waals surface area contributed by atoms with E-state index in [-0.39, 0.29) is 31.8 Å². The molecule has 1 amide bonds. The molecule has 0 aliphatic carbocycles. The highest BCUT2D eigenvalue weighted by Gasteiger charge is 2.33. The fourth-order valence-corrected chi connectivity index (χ4v) is 3.90. The number of methoxy groups -OCH3 is 1. The number of thioether (sulfide) groups is 1. The number of hydrogen-bond acceptors (Lipinski definition) is 8. The smallest absolute Gasteiger partial charge is 0.335 e. The molecule has 1 fully saturated rings. The van der Waals surface area contributed by atoms with E-state index in [9.17, 15) is 24.8 Å². The fourth-order valence-electron chi connectivity index (χ4n) is 2.60. The number of aromatic carboxylic acids is 1. The summed E-state index contributed by atoms with van der Waals surface area (Å²) in [6, 6.07) is 8.06. The molecule has 0 spiro atoms. The van der Waals surface area contributed by atoms with E-state index < -0.39 is 28.2 Å². The topological polar surface area (TPSA) is 133 Å². The number of anilines is 1. The Balaban J connectivity index is 2.01. The van der Waals surface area contributed by atoms with Crippen LogP contribution in [-0.2, 0) is 4.79 Å². The predicted octanol–water partition coefficient (Wildman–Crippen LogP) is 2.78. The van der Waals surface area contributed by atoms with Gasteiger partial charge in [-0.3, -0.25) is 19.8 Å². The van der Waals surface area contributed by atoms with Gasteiger partial charge in [0.2, 0.25) is 0 Å². The van der Waals surface area contributed by atoms with Gasteiger partial charge in [-0.05, 0) is 35.9 Å². The van der Waals surface area contributed by atoms with Crippen LogP contribution in [0.15, 0.2) is 41.3 Å². The predicted molar refractivity (Wildman–Crippen MR) is 108 cm³/mol. The van der Waals surface area contributed by atoms with Crippen molar-refractivity contribution in [2.24, 2.45) is 0 Å². The number of ether oxygens (including phenoxy) is 1. The van der Waals surface area contributed by atoms with E-state index in [4.69, 9.17) is 22.1 Å². The molecule has 0 aromatic heterocycles. The van der Waals surface area contributed by atoms with Gasteiger partial charge in [-0.15, -0.1) is 0 Å². The first-order chi connectivity index (χ1) is 13.7. The zero-order valence-electron chi connectivity index (χ0n) is 14.6. The Morgan fingerprint density at radius 1 is 1.34 bits per heavy atom. The van der Waals surface area contributed by atoms with Crippen molar-refractivity contribution in [3.63, 3.8) is 0 Å². The van der Waals surface area contributed by atoms with Crippen LogP contribution in [0.25, 0.3) is 6.08 Å². The average Bonchev–Trinajstić information content (AvgIpc) is 2.95. The minimum absolute atomic E-state index is 0.00748. The molecule has 1 aliphatic heterocycles. The number of thiocarbonyl (C=S) groups is 1. The molecule has 0 atom stereocenters. The Bertz CT molecular complexity index is 1100. The van der Waals surface area contributed by atoms with Gasteiger partial charge >= 0.3 is 5.97 Å². The summed E-state index contributed by atoms with van der Waals surface area (Å²) in [6.45, 7) is 0. The Kier molecular flexibility index (Phi) is 5.52. The molecule has 148 valence electrons. The second-order valence-corrected chi connectivity index (χ2v) is 7.38. The summed E-state index contributed by atoms with van der Waals surface area (Å²) in [5.41, 5.74) is -0.186. The minimum Gasteiger partial charge on any atom is -0.865 e. The highest BCUT2D eigenvalue weighted by molar-refractivity contribution is 8.27. The SMILES string of the molecule is COc1cc(C=C2SC(=S)N(c3cccc(C(=O)O)c3)C2=O)cc([N+](=O)[O-])c1[O-]. The maximum atomic E-state index is 12.8. The highest BCUT2D eigenvalue weighted by Crippen LogP contribution is 2.39. The molecule has 3 rings (SSSR count). The number of carboxylic acid groups (broad SMARTS) is 1. The first kappa shape index (κ1) is 20.3. The maximum Gasteiger partial charge on any atom is 0.335 e. The van der Waals surface area contributed by atoms with Gasteiger partial charge in [-0.2, -0.15) is 0 Å². The highest BCUT2D eigenvalue weighted by atomic mass is 32.2. The van der Waals surface area contributed by atoms with Crippen molar-refractivity contribution < 1.29 is 29.5 Å². The standard InChI is InChI=1S/C18H12N2O7S2/c1-27-13-6-9(5-12(15(13)21)20(25)26)7-14-16(22)19(18(28)29-14)11-4-2-3-10(8-11)17(23)24/h2-8,21H,1H3,(H,23,24)/p-1. The summed E-state index contributed by atoms with van der Waals surface area (Å²) >= 11 is 6.19. The van der Waals surface area contributed by atoms with E-state index >= 15 is 0 Å². The summed E-state index contributed by atoms with van der Waals surface area (Å²) < 4.78 is 5.06. The van der Waals surface area contributed by atoms with Gasteiger partial charge < -0.3 is 14.9 Å². The van der Waals surface area contributed by atoms with E-state index in [1.54, 1.807) is 6.07 Å². The van der Waals surface area contributed by atoms with E-state index in [0.29, 0.717) is 0 Å². The molecular weight excluding hydrogens is 420 g/mol. The zero-order chi connectivity index (χ0) is 21.3. The number of nitrogens with zero attached hydrogens (tertiary/aromatic N) is 2. The van der Waals surface area contributed by atoms with Crippen molar-refractivity contribution in [1.82, 2.24) is 0 Å². The van der Waals surface area contributed by atoms with Crippen LogP contribution in [0.5, 0.6) is 11.5 Å². The van der Waals surface area contributed by atoms with Crippen LogP contribution in [0.2, 0.25) is 0 Å². The van der Waals surface area contributed by atoms with Gasteiger partial charge in [0.15, 0.2) is 4.32 Å². The van der Waals surface area contributed by atoms with Crippen LogP contribution >= 0.6 is 24.0 Å². The number of rotatable bonds is 5. The Morgan fingerprint density at radius 2 is 2.07 bits per heavy atom. The summed E-state index contributed by atoms with van der Waals surface area (Å²) in [4.78, 5) is 35.6.